The number of hydrogen-bond acceptors (Lipinski definition) is 5. The molecule has 2 aromatic carbocycles. The van der Waals surface area contributed by atoms with Crippen LogP contribution in [-0.4, -0.2) is 33.0 Å². The van der Waals surface area contributed by atoms with Crippen molar-refractivity contribution in [1.29, 1.82) is 0 Å². The van der Waals surface area contributed by atoms with Crippen LogP contribution in [0, 0.1) is 13.8 Å². The highest BCUT2D eigenvalue weighted by molar-refractivity contribution is 8.00. The van der Waals surface area contributed by atoms with E-state index >= 15 is 0 Å². The van der Waals surface area contributed by atoms with Crippen LogP contribution in [0.25, 0.3) is 11.4 Å². The number of amides is 1. The van der Waals surface area contributed by atoms with Gasteiger partial charge >= 0.3 is 0 Å². The summed E-state index contributed by atoms with van der Waals surface area (Å²) in [6, 6.07) is 13.6. The molecule has 1 aromatic heterocycles. The van der Waals surface area contributed by atoms with E-state index in [1.54, 1.807) is 7.11 Å². The van der Waals surface area contributed by atoms with E-state index in [4.69, 9.17) is 4.74 Å². The van der Waals surface area contributed by atoms with Crippen molar-refractivity contribution >= 4 is 23.4 Å². The molecule has 0 fully saturated rings. The SMILES string of the molecule is COc1ccccc1-c1nnc(SC(C)C(=O)Nc2ccc(C)cc2C)n1C. The minimum Gasteiger partial charge on any atom is -0.496 e. The van der Waals surface area contributed by atoms with Gasteiger partial charge in [0.1, 0.15) is 5.75 Å². The highest BCUT2D eigenvalue weighted by Gasteiger charge is 2.21. The third kappa shape index (κ3) is 4.20. The monoisotopic (exact) mass is 396 g/mol. The molecular weight excluding hydrogens is 372 g/mol. The number of aryl methyl sites for hydroxylation is 2. The van der Waals surface area contributed by atoms with Crippen LogP contribution < -0.4 is 10.1 Å². The van der Waals surface area contributed by atoms with E-state index in [1.165, 1.54) is 17.3 Å². The summed E-state index contributed by atoms with van der Waals surface area (Å²) in [5.74, 6) is 1.36. The van der Waals surface area contributed by atoms with Gasteiger partial charge in [-0.15, -0.1) is 10.2 Å². The molecule has 0 aliphatic heterocycles. The molecule has 3 rings (SSSR count). The molecule has 7 heteroatoms. The molecule has 1 heterocycles. The molecule has 1 amide bonds. The fraction of sp³-hybridized carbons (Fsp3) is 0.286. The molecule has 0 bridgehead atoms. The highest BCUT2D eigenvalue weighted by atomic mass is 32.2. The topological polar surface area (TPSA) is 69.0 Å². The van der Waals surface area contributed by atoms with E-state index in [0.717, 1.165) is 22.6 Å². The van der Waals surface area contributed by atoms with Gasteiger partial charge in [-0.25, -0.2) is 0 Å². The second-order valence-corrected chi connectivity index (χ2v) is 7.94. The van der Waals surface area contributed by atoms with Gasteiger partial charge in [0, 0.05) is 12.7 Å². The molecule has 6 nitrogen and oxygen atoms in total. The second kappa shape index (κ2) is 8.48. The third-order valence-corrected chi connectivity index (χ3v) is 5.61. The van der Waals surface area contributed by atoms with Crippen molar-refractivity contribution in [3.8, 4) is 17.1 Å². The van der Waals surface area contributed by atoms with Crippen molar-refractivity contribution in [2.24, 2.45) is 7.05 Å². The number of thioether (sulfide) groups is 1. The minimum atomic E-state index is -0.325. The number of hydrogen-bond donors (Lipinski definition) is 1. The average Bonchev–Trinajstić information content (AvgIpc) is 3.04. The normalized spacial score (nSPS) is 11.9. The van der Waals surface area contributed by atoms with E-state index in [1.807, 2.05) is 68.8 Å². The molecule has 0 spiro atoms. The number of anilines is 1. The maximum Gasteiger partial charge on any atom is 0.237 e. The number of nitrogens with one attached hydrogen (secondary N) is 1. The zero-order valence-corrected chi connectivity index (χ0v) is 17.5. The first kappa shape index (κ1) is 19.9. The van der Waals surface area contributed by atoms with Gasteiger partial charge in [0.05, 0.1) is 17.9 Å². The first-order chi connectivity index (χ1) is 13.4. The molecule has 0 saturated carbocycles. The fourth-order valence-electron chi connectivity index (χ4n) is 2.88. The molecule has 1 unspecified atom stereocenters. The lowest BCUT2D eigenvalue weighted by atomic mass is 10.1. The van der Waals surface area contributed by atoms with Crippen LogP contribution in [0.5, 0.6) is 5.75 Å². The Morgan fingerprint density at radius 2 is 1.93 bits per heavy atom. The van der Waals surface area contributed by atoms with Crippen LogP contribution in [-0.2, 0) is 11.8 Å². The lowest BCUT2D eigenvalue weighted by Crippen LogP contribution is -2.23. The van der Waals surface area contributed by atoms with E-state index in [0.29, 0.717) is 11.0 Å². The van der Waals surface area contributed by atoms with Gasteiger partial charge in [-0.05, 0) is 44.5 Å². The van der Waals surface area contributed by atoms with Gasteiger partial charge in [-0.2, -0.15) is 0 Å². The quantitative estimate of drug-likeness (QED) is 0.632. The van der Waals surface area contributed by atoms with Crippen LogP contribution >= 0.6 is 11.8 Å². The van der Waals surface area contributed by atoms with Crippen molar-refractivity contribution in [2.45, 2.75) is 31.2 Å². The first-order valence-corrected chi connectivity index (χ1v) is 9.86. The molecule has 0 saturated heterocycles. The van der Waals surface area contributed by atoms with Gasteiger partial charge in [0.2, 0.25) is 5.91 Å². The summed E-state index contributed by atoms with van der Waals surface area (Å²) < 4.78 is 7.30. The average molecular weight is 397 g/mol. The predicted octanol–water partition coefficient (Wildman–Crippen LogP) is 4.23. The Balaban J connectivity index is 1.75. The molecule has 146 valence electrons. The Morgan fingerprint density at radius 1 is 1.18 bits per heavy atom. The van der Waals surface area contributed by atoms with Gasteiger partial charge < -0.3 is 14.6 Å². The Labute approximate surface area is 169 Å². The number of aromatic nitrogens is 3. The largest absolute Gasteiger partial charge is 0.496 e. The zero-order valence-electron chi connectivity index (χ0n) is 16.7. The van der Waals surface area contributed by atoms with E-state index in [9.17, 15) is 4.79 Å². The lowest BCUT2D eigenvalue weighted by Gasteiger charge is -2.14. The summed E-state index contributed by atoms with van der Waals surface area (Å²) in [6.07, 6.45) is 0. The number of ether oxygens (including phenoxy) is 1. The van der Waals surface area contributed by atoms with Crippen LogP contribution in [0.1, 0.15) is 18.1 Å². The molecule has 3 aromatic rings. The summed E-state index contributed by atoms with van der Waals surface area (Å²) in [7, 11) is 3.52. The summed E-state index contributed by atoms with van der Waals surface area (Å²) in [5, 5.41) is 11.9. The lowest BCUT2D eigenvalue weighted by molar-refractivity contribution is -0.115. The second-order valence-electron chi connectivity index (χ2n) is 6.63. The van der Waals surface area contributed by atoms with Gasteiger partial charge in [0.15, 0.2) is 11.0 Å². The van der Waals surface area contributed by atoms with Crippen molar-refractivity contribution in [3.63, 3.8) is 0 Å². The zero-order chi connectivity index (χ0) is 20.3. The number of nitrogens with zero attached hydrogens (tertiary/aromatic N) is 3. The Kier molecular flexibility index (Phi) is 6.04. The summed E-state index contributed by atoms with van der Waals surface area (Å²) in [4.78, 5) is 12.6. The maximum atomic E-state index is 12.6. The van der Waals surface area contributed by atoms with Crippen molar-refractivity contribution in [3.05, 3.63) is 53.6 Å². The maximum absolute atomic E-state index is 12.6. The van der Waals surface area contributed by atoms with Crippen LogP contribution in [0.15, 0.2) is 47.6 Å². The van der Waals surface area contributed by atoms with Crippen LogP contribution in [0.3, 0.4) is 0 Å². The number of methoxy groups -OCH3 is 1. The smallest absolute Gasteiger partial charge is 0.237 e. The van der Waals surface area contributed by atoms with E-state index < -0.39 is 0 Å². The molecule has 0 aliphatic carbocycles. The number of rotatable bonds is 6. The van der Waals surface area contributed by atoms with Crippen LogP contribution in [0.4, 0.5) is 5.69 Å². The molecule has 1 atom stereocenters. The number of carbonyl (C=O) groups excluding carboxylic acids is 1. The number of para-hydroxylation sites is 1. The summed E-state index contributed by atoms with van der Waals surface area (Å²) in [5.41, 5.74) is 3.90. The first-order valence-electron chi connectivity index (χ1n) is 8.98. The summed E-state index contributed by atoms with van der Waals surface area (Å²) in [6.45, 7) is 5.88. The Hall–Kier alpha value is -2.80. The molecule has 1 N–H and O–H groups in total. The standard InChI is InChI=1S/C21H24N4O2S/c1-13-10-11-17(14(2)12-13)22-20(26)15(3)28-21-24-23-19(25(21)4)16-8-6-7-9-18(16)27-5/h6-12,15H,1-5H3,(H,22,26). The molecule has 28 heavy (non-hydrogen) atoms. The van der Waals surface area contributed by atoms with E-state index in [2.05, 4.69) is 21.6 Å². The van der Waals surface area contributed by atoms with E-state index in [-0.39, 0.29) is 11.2 Å². The number of benzene rings is 2. The third-order valence-electron chi connectivity index (χ3n) is 4.47. The van der Waals surface area contributed by atoms with Gasteiger partial charge in [0.25, 0.3) is 0 Å². The Morgan fingerprint density at radius 3 is 2.64 bits per heavy atom. The molecule has 0 radical (unpaired) electrons. The van der Waals surface area contributed by atoms with Crippen molar-refractivity contribution in [1.82, 2.24) is 14.8 Å². The van der Waals surface area contributed by atoms with Crippen LogP contribution in [0.2, 0.25) is 0 Å². The predicted molar refractivity (Wildman–Crippen MR) is 113 cm³/mol. The van der Waals surface area contributed by atoms with Gasteiger partial charge in [-0.1, -0.05) is 41.6 Å². The van der Waals surface area contributed by atoms with Crippen molar-refractivity contribution in [2.75, 3.05) is 12.4 Å². The molecular formula is C21H24N4O2S. The highest BCUT2D eigenvalue weighted by Crippen LogP contribution is 2.31. The van der Waals surface area contributed by atoms with Crippen molar-refractivity contribution < 1.29 is 9.53 Å². The minimum absolute atomic E-state index is 0.0706. The number of carbonyl (C=O) groups is 1. The van der Waals surface area contributed by atoms with Gasteiger partial charge in [-0.3, -0.25) is 4.79 Å². The summed E-state index contributed by atoms with van der Waals surface area (Å²) >= 11 is 1.37. The Bertz CT molecular complexity index is 1000. The fourth-order valence-corrected chi connectivity index (χ4v) is 3.70. The molecule has 0 aliphatic rings.